The van der Waals surface area contributed by atoms with E-state index in [1.54, 1.807) is 30.3 Å². The molecule has 2 N–H and O–H groups in total. The summed E-state index contributed by atoms with van der Waals surface area (Å²) in [6.07, 6.45) is 0. The first-order chi connectivity index (χ1) is 15.8. The number of anilines is 2. The highest BCUT2D eigenvalue weighted by Gasteiger charge is 2.25. The molecule has 0 aliphatic carbocycles. The van der Waals surface area contributed by atoms with E-state index in [1.807, 2.05) is 0 Å². The fourth-order valence-corrected chi connectivity index (χ4v) is 4.40. The molecule has 1 heterocycles. The summed E-state index contributed by atoms with van der Waals surface area (Å²) in [4.78, 5) is 22.8. The number of hydrogen-bond acceptors (Lipinski definition) is 8. The van der Waals surface area contributed by atoms with Gasteiger partial charge in [0.25, 0.3) is 21.6 Å². The quantitative estimate of drug-likeness (QED) is 0.394. The van der Waals surface area contributed by atoms with Crippen LogP contribution in [0.1, 0.15) is 10.4 Å². The molecule has 0 aromatic heterocycles. The maximum Gasteiger partial charge on any atom is 0.271 e. The first-order valence-corrected chi connectivity index (χ1v) is 10.9. The molecule has 170 valence electrons. The molecule has 0 spiro atoms. The second-order valence-corrected chi connectivity index (χ2v) is 8.42. The van der Waals surface area contributed by atoms with Crippen LogP contribution in [0.3, 0.4) is 0 Å². The first kappa shape index (κ1) is 21.9. The molecule has 12 heteroatoms. The Morgan fingerprint density at radius 2 is 1.82 bits per heavy atom. The molecule has 0 bridgehead atoms. The lowest BCUT2D eigenvalue weighted by Gasteiger charge is -2.14. The summed E-state index contributed by atoms with van der Waals surface area (Å²) in [5.41, 5.74) is -0.000262. The average Bonchev–Trinajstić information content (AvgIpc) is 3.26. The topological polar surface area (TPSA) is 146 Å². The van der Waals surface area contributed by atoms with Crippen molar-refractivity contribution in [2.75, 3.05) is 23.9 Å². The Balaban J connectivity index is 1.63. The van der Waals surface area contributed by atoms with Crippen LogP contribution in [0, 0.1) is 10.1 Å². The molecule has 3 aromatic rings. The van der Waals surface area contributed by atoms with Gasteiger partial charge < -0.3 is 19.5 Å². The minimum Gasteiger partial charge on any atom is -0.495 e. The molecule has 33 heavy (non-hydrogen) atoms. The zero-order valence-electron chi connectivity index (χ0n) is 17.1. The van der Waals surface area contributed by atoms with Crippen LogP contribution in [-0.4, -0.2) is 33.2 Å². The molecular weight excluding hydrogens is 454 g/mol. The Morgan fingerprint density at radius 3 is 2.58 bits per heavy atom. The number of carbonyl (C=O) groups excluding carboxylic acids is 1. The lowest BCUT2D eigenvalue weighted by molar-refractivity contribution is -0.385. The van der Waals surface area contributed by atoms with E-state index < -0.39 is 31.4 Å². The smallest absolute Gasteiger partial charge is 0.271 e. The largest absolute Gasteiger partial charge is 0.495 e. The van der Waals surface area contributed by atoms with Crippen molar-refractivity contribution < 1.29 is 32.3 Å². The van der Waals surface area contributed by atoms with Crippen molar-refractivity contribution in [3.63, 3.8) is 0 Å². The van der Waals surface area contributed by atoms with Crippen LogP contribution in [0.4, 0.5) is 17.1 Å². The molecule has 1 aliphatic rings. The van der Waals surface area contributed by atoms with Crippen molar-refractivity contribution in [2.45, 2.75) is 4.90 Å². The molecular formula is C21H17N3O8S. The molecule has 1 aliphatic heterocycles. The van der Waals surface area contributed by atoms with Crippen LogP contribution < -0.4 is 24.2 Å². The number of benzene rings is 3. The number of fused-ring (bicyclic) bond motifs is 1. The number of carbonyl (C=O) groups is 1. The van der Waals surface area contributed by atoms with Crippen LogP contribution in [0.2, 0.25) is 0 Å². The highest BCUT2D eigenvalue weighted by molar-refractivity contribution is 7.92. The van der Waals surface area contributed by atoms with Gasteiger partial charge in [0.1, 0.15) is 10.6 Å². The number of ether oxygens (including phenoxy) is 3. The Hall–Kier alpha value is -4.32. The van der Waals surface area contributed by atoms with Gasteiger partial charge in [-0.25, -0.2) is 8.42 Å². The van der Waals surface area contributed by atoms with Gasteiger partial charge in [0.2, 0.25) is 6.79 Å². The molecule has 1 amide bonds. The van der Waals surface area contributed by atoms with Gasteiger partial charge in [0.05, 0.1) is 23.3 Å². The first-order valence-electron chi connectivity index (χ1n) is 9.44. The van der Waals surface area contributed by atoms with Crippen LogP contribution >= 0.6 is 0 Å². The number of nitrogens with zero attached hydrogens (tertiary/aromatic N) is 1. The second kappa shape index (κ2) is 8.67. The van der Waals surface area contributed by atoms with E-state index in [4.69, 9.17) is 14.2 Å². The van der Waals surface area contributed by atoms with Crippen molar-refractivity contribution in [2.24, 2.45) is 0 Å². The summed E-state index contributed by atoms with van der Waals surface area (Å²) in [6, 6.07) is 14.0. The lowest BCUT2D eigenvalue weighted by atomic mass is 10.1. The summed E-state index contributed by atoms with van der Waals surface area (Å²) < 4.78 is 44.0. The standard InChI is InChI=1S/C21H17N3O8S/c1-30-18-9-7-14(24(26)27)11-20(18)33(28,29)23-16-5-3-2-4-15(16)21(25)22-13-6-8-17-19(10-13)32-12-31-17/h2-11,23H,12H2,1H3,(H,22,25). The zero-order chi connectivity index (χ0) is 23.6. The Kier molecular flexibility index (Phi) is 5.75. The van der Waals surface area contributed by atoms with Crippen molar-refractivity contribution >= 4 is 33.0 Å². The number of rotatable bonds is 7. The summed E-state index contributed by atoms with van der Waals surface area (Å²) in [7, 11) is -3.10. The van der Waals surface area contributed by atoms with Gasteiger partial charge in [0.15, 0.2) is 11.5 Å². The van der Waals surface area contributed by atoms with Crippen molar-refractivity contribution in [3.05, 3.63) is 76.3 Å². The van der Waals surface area contributed by atoms with E-state index >= 15 is 0 Å². The molecule has 0 atom stereocenters. The molecule has 0 radical (unpaired) electrons. The Bertz CT molecular complexity index is 1360. The number of amides is 1. The second-order valence-electron chi connectivity index (χ2n) is 6.77. The van der Waals surface area contributed by atoms with E-state index in [0.717, 1.165) is 12.1 Å². The van der Waals surface area contributed by atoms with Crippen LogP contribution in [0.15, 0.2) is 65.6 Å². The zero-order valence-corrected chi connectivity index (χ0v) is 17.9. The molecule has 0 saturated carbocycles. The lowest BCUT2D eigenvalue weighted by Crippen LogP contribution is -2.19. The van der Waals surface area contributed by atoms with Gasteiger partial charge in [-0.3, -0.25) is 19.6 Å². The summed E-state index contributed by atoms with van der Waals surface area (Å²) in [5, 5.41) is 13.8. The van der Waals surface area contributed by atoms with Gasteiger partial charge in [-0.05, 0) is 30.3 Å². The SMILES string of the molecule is COc1ccc([N+](=O)[O-])cc1S(=O)(=O)Nc1ccccc1C(=O)Nc1ccc2c(c1)OCO2. The Labute approximate surface area is 188 Å². The van der Waals surface area contributed by atoms with Gasteiger partial charge in [-0.1, -0.05) is 12.1 Å². The normalized spacial score (nSPS) is 12.2. The number of para-hydroxylation sites is 1. The minimum absolute atomic E-state index is 0.0238. The highest BCUT2D eigenvalue weighted by Crippen LogP contribution is 2.35. The Morgan fingerprint density at radius 1 is 1.06 bits per heavy atom. The van der Waals surface area contributed by atoms with E-state index in [0.29, 0.717) is 17.2 Å². The number of methoxy groups -OCH3 is 1. The average molecular weight is 471 g/mol. The van der Waals surface area contributed by atoms with Crippen molar-refractivity contribution in [1.29, 1.82) is 0 Å². The fraction of sp³-hybridized carbons (Fsp3) is 0.0952. The van der Waals surface area contributed by atoms with Gasteiger partial charge in [-0.15, -0.1) is 0 Å². The third-order valence-corrected chi connectivity index (χ3v) is 6.08. The molecule has 4 rings (SSSR count). The summed E-state index contributed by atoms with van der Waals surface area (Å²) in [6.45, 7) is 0.0818. The maximum absolute atomic E-state index is 13.0. The third kappa shape index (κ3) is 4.50. The minimum atomic E-state index is -4.34. The van der Waals surface area contributed by atoms with Crippen LogP contribution in [0.5, 0.6) is 17.2 Å². The number of sulfonamides is 1. The molecule has 11 nitrogen and oxygen atoms in total. The van der Waals surface area contributed by atoms with Gasteiger partial charge >= 0.3 is 0 Å². The van der Waals surface area contributed by atoms with E-state index in [1.165, 1.54) is 25.3 Å². The predicted molar refractivity (Wildman–Crippen MR) is 117 cm³/mol. The molecule has 0 unspecified atom stereocenters. The van der Waals surface area contributed by atoms with E-state index in [9.17, 15) is 23.3 Å². The number of nitro benzene ring substituents is 1. The van der Waals surface area contributed by atoms with Gasteiger partial charge in [0, 0.05) is 23.9 Å². The number of nitrogens with one attached hydrogen (secondary N) is 2. The van der Waals surface area contributed by atoms with Crippen LogP contribution in [0.25, 0.3) is 0 Å². The highest BCUT2D eigenvalue weighted by atomic mass is 32.2. The molecule has 3 aromatic carbocycles. The van der Waals surface area contributed by atoms with Crippen molar-refractivity contribution in [1.82, 2.24) is 0 Å². The summed E-state index contributed by atoms with van der Waals surface area (Å²) >= 11 is 0. The van der Waals surface area contributed by atoms with Crippen molar-refractivity contribution in [3.8, 4) is 17.2 Å². The number of nitro groups is 1. The van der Waals surface area contributed by atoms with E-state index in [2.05, 4.69) is 10.0 Å². The molecule has 0 saturated heterocycles. The molecule has 0 fully saturated rings. The summed E-state index contributed by atoms with van der Waals surface area (Å²) in [5.74, 6) is 0.347. The fourth-order valence-electron chi connectivity index (χ4n) is 3.13. The predicted octanol–water partition coefficient (Wildman–Crippen LogP) is 3.39. The maximum atomic E-state index is 13.0. The third-order valence-electron chi connectivity index (χ3n) is 4.69. The van der Waals surface area contributed by atoms with E-state index in [-0.39, 0.29) is 23.8 Å². The van der Waals surface area contributed by atoms with Gasteiger partial charge in [-0.2, -0.15) is 0 Å². The number of non-ortho nitro benzene ring substituents is 1. The number of hydrogen-bond donors (Lipinski definition) is 2. The monoisotopic (exact) mass is 471 g/mol. The van der Waals surface area contributed by atoms with Crippen LogP contribution in [-0.2, 0) is 10.0 Å².